The van der Waals surface area contributed by atoms with E-state index in [2.05, 4.69) is 22.5 Å². The molecular formula is C20H19N3O2. The van der Waals surface area contributed by atoms with E-state index in [9.17, 15) is 9.59 Å². The summed E-state index contributed by atoms with van der Waals surface area (Å²) in [7, 11) is 0. The SMILES string of the molecule is Cc1nn(CC(=O)N[C@H]2CCc3ccccc32)c(=O)c2ccccc12. The molecule has 0 saturated carbocycles. The van der Waals surface area contributed by atoms with E-state index in [1.54, 1.807) is 6.07 Å². The number of benzene rings is 2. The van der Waals surface area contributed by atoms with Crippen molar-refractivity contribution in [2.24, 2.45) is 0 Å². The smallest absolute Gasteiger partial charge is 0.275 e. The lowest BCUT2D eigenvalue weighted by Gasteiger charge is -2.15. The van der Waals surface area contributed by atoms with Gasteiger partial charge in [0, 0.05) is 5.39 Å². The first-order valence-electron chi connectivity index (χ1n) is 8.47. The highest BCUT2D eigenvalue weighted by Crippen LogP contribution is 2.30. The molecule has 1 aromatic heterocycles. The summed E-state index contributed by atoms with van der Waals surface area (Å²) in [5, 5.41) is 8.76. The molecule has 1 atom stereocenters. The molecule has 2 aromatic carbocycles. The van der Waals surface area contributed by atoms with Crippen LogP contribution in [0.3, 0.4) is 0 Å². The van der Waals surface area contributed by atoms with Gasteiger partial charge in [0.1, 0.15) is 6.54 Å². The summed E-state index contributed by atoms with van der Waals surface area (Å²) < 4.78 is 1.26. The van der Waals surface area contributed by atoms with Gasteiger partial charge in [-0.05, 0) is 37.0 Å². The predicted octanol–water partition coefficient (Wildman–Crippen LogP) is 2.51. The molecule has 0 radical (unpaired) electrons. The fraction of sp³-hybridized carbons (Fsp3) is 0.250. The Hall–Kier alpha value is -2.95. The molecule has 4 rings (SSSR count). The summed E-state index contributed by atoms with van der Waals surface area (Å²) in [6.07, 6.45) is 1.86. The van der Waals surface area contributed by atoms with Gasteiger partial charge in [-0.25, -0.2) is 4.68 Å². The molecular weight excluding hydrogens is 314 g/mol. The number of nitrogens with zero attached hydrogens (tertiary/aromatic N) is 2. The number of carbonyl (C=O) groups is 1. The molecule has 25 heavy (non-hydrogen) atoms. The number of hydrogen-bond acceptors (Lipinski definition) is 3. The minimum absolute atomic E-state index is 0.0148. The molecule has 1 N–H and O–H groups in total. The molecule has 1 aliphatic carbocycles. The number of carbonyl (C=O) groups excluding carboxylic acids is 1. The summed E-state index contributed by atoms with van der Waals surface area (Å²) in [5.41, 5.74) is 2.97. The van der Waals surface area contributed by atoms with Gasteiger partial charge in [0.15, 0.2) is 0 Å². The lowest BCUT2D eigenvalue weighted by molar-refractivity contribution is -0.122. The van der Waals surface area contributed by atoms with E-state index < -0.39 is 0 Å². The van der Waals surface area contributed by atoms with E-state index in [4.69, 9.17) is 0 Å². The minimum Gasteiger partial charge on any atom is -0.348 e. The van der Waals surface area contributed by atoms with Crippen molar-refractivity contribution in [3.05, 3.63) is 75.7 Å². The largest absolute Gasteiger partial charge is 0.348 e. The van der Waals surface area contributed by atoms with Gasteiger partial charge in [0.2, 0.25) is 5.91 Å². The number of hydrogen-bond donors (Lipinski definition) is 1. The third-order valence-corrected chi connectivity index (χ3v) is 4.81. The Kier molecular flexibility index (Phi) is 3.84. The van der Waals surface area contributed by atoms with Crippen molar-refractivity contribution < 1.29 is 4.79 Å². The van der Waals surface area contributed by atoms with Crippen molar-refractivity contribution in [2.45, 2.75) is 32.4 Å². The number of fused-ring (bicyclic) bond motifs is 2. The monoisotopic (exact) mass is 333 g/mol. The Morgan fingerprint density at radius 1 is 1.16 bits per heavy atom. The van der Waals surface area contributed by atoms with Crippen molar-refractivity contribution in [3.8, 4) is 0 Å². The standard InChI is InChI=1S/C20H19N3O2/c1-13-15-7-4-5-9-17(15)20(25)23(22-13)12-19(24)21-18-11-10-14-6-2-3-8-16(14)18/h2-9,18H,10-12H2,1H3,(H,21,24)/t18-/m0/s1. The van der Waals surface area contributed by atoms with Crippen molar-refractivity contribution in [3.63, 3.8) is 0 Å². The van der Waals surface area contributed by atoms with E-state index in [0.29, 0.717) is 5.39 Å². The Balaban J connectivity index is 1.57. The lowest BCUT2D eigenvalue weighted by Crippen LogP contribution is -2.35. The van der Waals surface area contributed by atoms with Crippen LogP contribution in [-0.2, 0) is 17.8 Å². The fourth-order valence-electron chi connectivity index (χ4n) is 3.59. The summed E-state index contributed by atoms with van der Waals surface area (Å²) in [6.45, 7) is 1.78. The zero-order valence-electron chi connectivity index (χ0n) is 14.0. The van der Waals surface area contributed by atoms with Crippen LogP contribution in [0.1, 0.15) is 29.3 Å². The normalized spacial score (nSPS) is 16.0. The van der Waals surface area contributed by atoms with E-state index in [1.807, 2.05) is 37.3 Å². The van der Waals surface area contributed by atoms with Gasteiger partial charge in [-0.1, -0.05) is 42.5 Å². The lowest BCUT2D eigenvalue weighted by atomic mass is 10.1. The highest BCUT2D eigenvalue weighted by atomic mass is 16.2. The number of rotatable bonds is 3. The Morgan fingerprint density at radius 3 is 2.72 bits per heavy atom. The molecule has 1 aliphatic rings. The van der Waals surface area contributed by atoms with Gasteiger partial charge in [0.25, 0.3) is 5.56 Å². The minimum atomic E-state index is -0.233. The second kappa shape index (κ2) is 6.16. The second-order valence-electron chi connectivity index (χ2n) is 6.45. The zero-order chi connectivity index (χ0) is 17.4. The quantitative estimate of drug-likeness (QED) is 0.801. The first kappa shape index (κ1) is 15.6. The Labute approximate surface area is 145 Å². The van der Waals surface area contributed by atoms with Crippen molar-refractivity contribution in [2.75, 3.05) is 0 Å². The molecule has 1 heterocycles. The van der Waals surface area contributed by atoms with Crippen molar-refractivity contribution in [1.82, 2.24) is 15.1 Å². The molecule has 126 valence electrons. The van der Waals surface area contributed by atoms with Crippen LogP contribution in [0.2, 0.25) is 0 Å². The van der Waals surface area contributed by atoms with E-state index in [1.165, 1.54) is 15.8 Å². The van der Waals surface area contributed by atoms with E-state index in [-0.39, 0.29) is 24.1 Å². The molecule has 0 unspecified atom stereocenters. The third-order valence-electron chi connectivity index (χ3n) is 4.81. The van der Waals surface area contributed by atoms with Crippen LogP contribution in [0, 0.1) is 6.92 Å². The van der Waals surface area contributed by atoms with Gasteiger partial charge >= 0.3 is 0 Å². The summed E-state index contributed by atoms with van der Waals surface area (Å²) in [6, 6.07) is 15.5. The fourth-order valence-corrected chi connectivity index (χ4v) is 3.59. The maximum atomic E-state index is 12.6. The molecule has 0 fully saturated rings. The molecule has 0 bridgehead atoms. The second-order valence-corrected chi connectivity index (χ2v) is 6.45. The number of aryl methyl sites for hydroxylation is 2. The molecule has 0 spiro atoms. The molecule has 3 aromatic rings. The first-order chi connectivity index (χ1) is 12.1. The van der Waals surface area contributed by atoms with Gasteiger partial charge in [-0.15, -0.1) is 0 Å². The molecule has 5 heteroatoms. The number of nitrogens with one attached hydrogen (secondary N) is 1. The van der Waals surface area contributed by atoms with Gasteiger partial charge in [-0.2, -0.15) is 5.10 Å². The van der Waals surface area contributed by atoms with Crippen LogP contribution >= 0.6 is 0 Å². The number of aromatic nitrogens is 2. The van der Waals surface area contributed by atoms with Crippen LogP contribution in [0.25, 0.3) is 10.8 Å². The average Bonchev–Trinajstić information content (AvgIpc) is 3.02. The highest BCUT2D eigenvalue weighted by Gasteiger charge is 2.23. The van der Waals surface area contributed by atoms with Gasteiger partial charge < -0.3 is 5.32 Å². The van der Waals surface area contributed by atoms with Crippen LogP contribution in [-0.4, -0.2) is 15.7 Å². The van der Waals surface area contributed by atoms with Crippen LogP contribution < -0.4 is 10.9 Å². The van der Waals surface area contributed by atoms with Crippen LogP contribution in [0.15, 0.2) is 53.3 Å². The molecule has 1 amide bonds. The van der Waals surface area contributed by atoms with Crippen LogP contribution in [0.4, 0.5) is 0 Å². The Morgan fingerprint density at radius 2 is 1.88 bits per heavy atom. The summed E-state index contributed by atoms with van der Waals surface area (Å²) >= 11 is 0. The van der Waals surface area contributed by atoms with E-state index >= 15 is 0 Å². The molecule has 0 aliphatic heterocycles. The Bertz CT molecular complexity index is 1020. The maximum absolute atomic E-state index is 12.6. The van der Waals surface area contributed by atoms with Crippen molar-refractivity contribution in [1.29, 1.82) is 0 Å². The number of amides is 1. The first-order valence-corrected chi connectivity index (χ1v) is 8.47. The van der Waals surface area contributed by atoms with Crippen molar-refractivity contribution >= 4 is 16.7 Å². The zero-order valence-corrected chi connectivity index (χ0v) is 14.0. The average molecular weight is 333 g/mol. The topological polar surface area (TPSA) is 64.0 Å². The maximum Gasteiger partial charge on any atom is 0.275 e. The third kappa shape index (κ3) is 2.82. The summed E-state index contributed by atoms with van der Waals surface area (Å²) in [4.78, 5) is 25.0. The van der Waals surface area contributed by atoms with Crippen LogP contribution in [0.5, 0.6) is 0 Å². The molecule has 5 nitrogen and oxygen atoms in total. The van der Waals surface area contributed by atoms with Gasteiger partial charge in [0.05, 0.1) is 17.1 Å². The van der Waals surface area contributed by atoms with Gasteiger partial charge in [-0.3, -0.25) is 9.59 Å². The van der Waals surface area contributed by atoms with E-state index in [0.717, 1.165) is 23.9 Å². The highest BCUT2D eigenvalue weighted by molar-refractivity contribution is 5.83. The summed E-state index contributed by atoms with van der Waals surface area (Å²) in [5.74, 6) is -0.189. The predicted molar refractivity (Wildman–Crippen MR) is 96.4 cm³/mol. The molecule has 0 saturated heterocycles.